The van der Waals surface area contributed by atoms with Crippen LogP contribution in [-0.2, 0) is 24.3 Å². The SMILES string of the molecule is COC(=O)CC(NC(=O)CCNS(=O)(=O)c1ccccc1Cl)c1ccc(OC)c(OC)c1. The first-order chi connectivity index (χ1) is 15.2. The second-order valence-electron chi connectivity index (χ2n) is 6.59. The minimum Gasteiger partial charge on any atom is -0.493 e. The molecule has 2 rings (SSSR count). The Kier molecular flexibility index (Phi) is 9.30. The summed E-state index contributed by atoms with van der Waals surface area (Å²) in [7, 11) is 0.344. The molecule has 1 unspecified atom stereocenters. The number of rotatable bonds is 11. The van der Waals surface area contributed by atoms with E-state index >= 15 is 0 Å². The number of carbonyl (C=O) groups excluding carboxylic acids is 2. The van der Waals surface area contributed by atoms with Gasteiger partial charge < -0.3 is 19.5 Å². The summed E-state index contributed by atoms with van der Waals surface area (Å²) >= 11 is 5.93. The first-order valence-electron chi connectivity index (χ1n) is 9.54. The molecule has 0 aromatic heterocycles. The molecule has 174 valence electrons. The molecule has 0 aliphatic carbocycles. The van der Waals surface area contributed by atoms with E-state index in [0.29, 0.717) is 17.1 Å². The van der Waals surface area contributed by atoms with Crippen LogP contribution in [0.4, 0.5) is 0 Å². The van der Waals surface area contributed by atoms with Gasteiger partial charge in [-0.15, -0.1) is 0 Å². The Morgan fingerprint density at radius 2 is 1.72 bits per heavy atom. The third kappa shape index (κ3) is 6.84. The number of sulfonamides is 1. The first-order valence-corrected chi connectivity index (χ1v) is 11.4. The molecular weight excluding hydrogens is 460 g/mol. The highest BCUT2D eigenvalue weighted by Gasteiger charge is 2.22. The second-order valence-corrected chi connectivity index (χ2v) is 8.74. The number of methoxy groups -OCH3 is 3. The Morgan fingerprint density at radius 3 is 2.34 bits per heavy atom. The summed E-state index contributed by atoms with van der Waals surface area (Å²) < 4.78 is 42.3. The third-order valence-corrected chi connectivity index (χ3v) is 6.47. The Bertz CT molecular complexity index is 1060. The molecule has 9 nitrogen and oxygen atoms in total. The van der Waals surface area contributed by atoms with Crippen molar-refractivity contribution in [2.24, 2.45) is 0 Å². The smallest absolute Gasteiger partial charge is 0.307 e. The molecule has 0 saturated carbocycles. The number of esters is 1. The average Bonchev–Trinajstić information content (AvgIpc) is 2.78. The number of ether oxygens (including phenoxy) is 3. The fraction of sp³-hybridized carbons (Fsp3) is 0.333. The van der Waals surface area contributed by atoms with Crippen molar-refractivity contribution in [2.75, 3.05) is 27.9 Å². The van der Waals surface area contributed by atoms with Gasteiger partial charge in [-0.25, -0.2) is 13.1 Å². The quantitative estimate of drug-likeness (QED) is 0.470. The molecule has 32 heavy (non-hydrogen) atoms. The number of hydrogen-bond acceptors (Lipinski definition) is 7. The number of amides is 1. The van der Waals surface area contributed by atoms with E-state index in [0.717, 1.165) is 0 Å². The molecule has 1 atom stereocenters. The summed E-state index contributed by atoms with van der Waals surface area (Å²) in [5.41, 5.74) is 0.595. The topological polar surface area (TPSA) is 120 Å². The van der Waals surface area contributed by atoms with Crippen molar-refractivity contribution >= 4 is 33.5 Å². The molecule has 0 radical (unpaired) electrons. The highest BCUT2D eigenvalue weighted by Crippen LogP contribution is 2.31. The summed E-state index contributed by atoms with van der Waals surface area (Å²) in [5, 5.41) is 2.81. The van der Waals surface area contributed by atoms with Gasteiger partial charge in [0.1, 0.15) is 4.90 Å². The first kappa shape index (κ1) is 25.4. The van der Waals surface area contributed by atoms with Crippen molar-refractivity contribution in [1.82, 2.24) is 10.0 Å². The molecule has 0 aliphatic rings. The Labute approximate surface area is 192 Å². The minimum absolute atomic E-state index is 0.0732. The zero-order chi connectivity index (χ0) is 23.7. The fourth-order valence-corrected chi connectivity index (χ4v) is 4.43. The third-order valence-electron chi connectivity index (χ3n) is 4.51. The van der Waals surface area contributed by atoms with Gasteiger partial charge in [0.2, 0.25) is 15.9 Å². The van der Waals surface area contributed by atoms with Gasteiger partial charge >= 0.3 is 5.97 Å². The highest BCUT2D eigenvalue weighted by atomic mass is 35.5. The minimum atomic E-state index is -3.87. The van der Waals surface area contributed by atoms with E-state index in [-0.39, 0.29) is 29.3 Å². The molecule has 2 aromatic carbocycles. The number of benzene rings is 2. The molecule has 0 bridgehead atoms. The van der Waals surface area contributed by atoms with E-state index in [1.807, 2.05) is 0 Å². The van der Waals surface area contributed by atoms with Gasteiger partial charge in [0.25, 0.3) is 0 Å². The molecule has 0 aliphatic heterocycles. The van der Waals surface area contributed by atoms with Gasteiger partial charge in [-0.05, 0) is 29.8 Å². The Balaban J connectivity index is 2.07. The summed E-state index contributed by atoms with van der Waals surface area (Å²) in [4.78, 5) is 24.3. The summed E-state index contributed by atoms with van der Waals surface area (Å²) in [5.74, 6) is -0.0601. The lowest BCUT2D eigenvalue weighted by Crippen LogP contribution is -2.34. The molecule has 0 heterocycles. The van der Waals surface area contributed by atoms with E-state index in [9.17, 15) is 18.0 Å². The number of carbonyl (C=O) groups is 2. The largest absolute Gasteiger partial charge is 0.493 e. The van der Waals surface area contributed by atoms with Gasteiger partial charge in [-0.2, -0.15) is 0 Å². The van der Waals surface area contributed by atoms with E-state index in [2.05, 4.69) is 10.0 Å². The monoisotopic (exact) mass is 484 g/mol. The van der Waals surface area contributed by atoms with Crippen LogP contribution in [0.15, 0.2) is 47.4 Å². The lowest BCUT2D eigenvalue weighted by Gasteiger charge is -2.20. The van der Waals surface area contributed by atoms with Crippen LogP contribution < -0.4 is 19.5 Å². The molecule has 0 fully saturated rings. The predicted octanol–water partition coefficient (Wildman–Crippen LogP) is 2.45. The van der Waals surface area contributed by atoms with E-state index < -0.39 is 27.9 Å². The standard InChI is InChI=1S/C21H25ClN2O7S/c1-29-17-9-8-14(12-18(17)30-2)16(13-21(26)31-3)24-20(25)10-11-23-32(27,28)19-7-5-4-6-15(19)22/h4-9,12,16,23H,10-11,13H2,1-3H3,(H,24,25). The van der Waals surface area contributed by atoms with Crippen LogP contribution in [0.2, 0.25) is 5.02 Å². The van der Waals surface area contributed by atoms with Gasteiger partial charge in [0.15, 0.2) is 11.5 Å². The van der Waals surface area contributed by atoms with E-state index in [1.165, 1.54) is 33.5 Å². The Hall–Kier alpha value is -2.82. The molecule has 0 spiro atoms. The predicted molar refractivity (Wildman–Crippen MR) is 118 cm³/mol. The number of hydrogen-bond donors (Lipinski definition) is 2. The molecular formula is C21H25ClN2O7S. The molecule has 2 N–H and O–H groups in total. The lowest BCUT2D eigenvalue weighted by molar-refractivity contribution is -0.141. The highest BCUT2D eigenvalue weighted by molar-refractivity contribution is 7.89. The zero-order valence-corrected chi connectivity index (χ0v) is 19.5. The van der Waals surface area contributed by atoms with Crippen molar-refractivity contribution in [3.63, 3.8) is 0 Å². The Morgan fingerprint density at radius 1 is 1.03 bits per heavy atom. The maximum absolute atomic E-state index is 12.5. The fourth-order valence-electron chi connectivity index (χ4n) is 2.88. The lowest BCUT2D eigenvalue weighted by atomic mass is 10.0. The normalized spacial score (nSPS) is 12.0. The van der Waals surface area contributed by atoms with Crippen LogP contribution in [0.1, 0.15) is 24.4 Å². The van der Waals surface area contributed by atoms with E-state index in [4.69, 9.17) is 25.8 Å². The van der Waals surface area contributed by atoms with Crippen LogP contribution in [0.3, 0.4) is 0 Å². The van der Waals surface area contributed by atoms with Crippen LogP contribution in [-0.4, -0.2) is 48.2 Å². The molecule has 11 heteroatoms. The van der Waals surface area contributed by atoms with Crippen LogP contribution in [0.25, 0.3) is 0 Å². The van der Waals surface area contributed by atoms with Gasteiger partial charge in [0.05, 0.1) is 38.8 Å². The summed E-state index contributed by atoms with van der Waals surface area (Å²) in [6, 6.07) is 10.3. The molecule has 0 saturated heterocycles. The van der Waals surface area contributed by atoms with E-state index in [1.54, 1.807) is 30.3 Å². The van der Waals surface area contributed by atoms with Crippen LogP contribution in [0, 0.1) is 0 Å². The summed E-state index contributed by atoms with van der Waals surface area (Å²) in [6.07, 6.45) is -0.280. The number of nitrogens with one attached hydrogen (secondary N) is 2. The van der Waals surface area contributed by atoms with Gasteiger partial charge in [-0.3, -0.25) is 9.59 Å². The van der Waals surface area contributed by atoms with Crippen molar-refractivity contribution in [2.45, 2.75) is 23.8 Å². The average molecular weight is 485 g/mol. The molecule has 2 aromatic rings. The zero-order valence-electron chi connectivity index (χ0n) is 17.9. The maximum atomic E-state index is 12.5. The number of halogens is 1. The molecule has 1 amide bonds. The van der Waals surface area contributed by atoms with Crippen molar-refractivity contribution in [1.29, 1.82) is 0 Å². The van der Waals surface area contributed by atoms with Gasteiger partial charge in [0, 0.05) is 13.0 Å². The van der Waals surface area contributed by atoms with Gasteiger partial charge in [-0.1, -0.05) is 29.8 Å². The van der Waals surface area contributed by atoms with Crippen molar-refractivity contribution in [3.05, 3.63) is 53.1 Å². The van der Waals surface area contributed by atoms with Crippen LogP contribution in [0.5, 0.6) is 11.5 Å². The second kappa shape index (κ2) is 11.7. The van der Waals surface area contributed by atoms with Crippen molar-refractivity contribution in [3.8, 4) is 11.5 Å². The van der Waals surface area contributed by atoms with Crippen molar-refractivity contribution < 1.29 is 32.2 Å². The summed E-state index contributed by atoms with van der Waals surface area (Å²) in [6.45, 7) is -0.156. The van der Waals surface area contributed by atoms with Crippen LogP contribution >= 0.6 is 11.6 Å². The maximum Gasteiger partial charge on any atom is 0.307 e.